The molecule has 0 heterocycles. The summed E-state index contributed by atoms with van der Waals surface area (Å²) in [4.78, 5) is 35.0. The summed E-state index contributed by atoms with van der Waals surface area (Å²) in [6.45, 7) is -2.96. The van der Waals surface area contributed by atoms with Crippen LogP contribution in [0.2, 0.25) is 0 Å². The predicted molar refractivity (Wildman–Crippen MR) is 83.9 cm³/mol. The Labute approximate surface area is 147 Å². The Morgan fingerprint density at radius 3 is 2.62 bits per heavy atom. The smallest absolute Gasteiger partial charge is 0.387 e. The van der Waals surface area contributed by atoms with Crippen LogP contribution in [0.5, 0.6) is 5.75 Å². The van der Waals surface area contributed by atoms with Crippen LogP contribution < -0.4 is 15.8 Å². The normalized spacial score (nSPS) is 11.2. The number of esters is 1. The molecule has 0 atom stereocenters. The first kappa shape index (κ1) is 20.6. The maximum Gasteiger partial charge on any atom is 0.387 e. The minimum atomic E-state index is -3.04. The maximum atomic E-state index is 12.1. The fraction of sp³-hybridized carbons (Fsp3) is 0.250. The van der Waals surface area contributed by atoms with E-state index in [1.165, 1.54) is 25.1 Å². The molecule has 138 valence electrons. The molecule has 0 bridgehead atoms. The standard InChI is InChI=1S/C16H15F2N3O5/c1-9(20)12(6-19)13(22)8-25-14(23)7-21-15(24)10-3-2-4-11(5-10)26-16(17)18/h2-5,16H,7-8,20H2,1H3,(H,21,24)/b12-9-. The third-order valence-electron chi connectivity index (χ3n) is 2.86. The monoisotopic (exact) mass is 367 g/mol. The van der Waals surface area contributed by atoms with Crippen LogP contribution in [0, 0.1) is 11.3 Å². The number of nitrogens with two attached hydrogens (primary N) is 1. The fourth-order valence-corrected chi connectivity index (χ4v) is 1.71. The molecule has 1 rings (SSSR count). The van der Waals surface area contributed by atoms with Crippen LogP contribution in [-0.4, -0.2) is 37.4 Å². The molecule has 1 amide bonds. The van der Waals surface area contributed by atoms with Gasteiger partial charge in [-0.2, -0.15) is 14.0 Å². The van der Waals surface area contributed by atoms with E-state index in [0.717, 1.165) is 6.07 Å². The van der Waals surface area contributed by atoms with Crippen molar-refractivity contribution in [3.05, 3.63) is 41.1 Å². The summed E-state index contributed by atoms with van der Waals surface area (Å²) < 4.78 is 33.1. The lowest BCUT2D eigenvalue weighted by molar-refractivity contribution is -0.145. The van der Waals surface area contributed by atoms with Crippen molar-refractivity contribution in [3.8, 4) is 11.8 Å². The Hall–Kier alpha value is -3.48. The SMILES string of the molecule is C/C(N)=C(\C#N)C(=O)COC(=O)CNC(=O)c1cccc(OC(F)F)c1. The molecule has 10 heteroatoms. The molecule has 26 heavy (non-hydrogen) atoms. The fourth-order valence-electron chi connectivity index (χ4n) is 1.71. The van der Waals surface area contributed by atoms with E-state index in [-0.39, 0.29) is 22.6 Å². The molecule has 0 aliphatic carbocycles. The zero-order chi connectivity index (χ0) is 19.7. The molecule has 3 N–H and O–H groups in total. The first-order valence-electron chi connectivity index (χ1n) is 7.13. The minimum absolute atomic E-state index is 0.00671. The van der Waals surface area contributed by atoms with Gasteiger partial charge in [0.2, 0.25) is 5.78 Å². The number of rotatable bonds is 8. The summed E-state index contributed by atoms with van der Waals surface area (Å²) >= 11 is 0. The van der Waals surface area contributed by atoms with Crippen molar-refractivity contribution in [1.29, 1.82) is 5.26 Å². The zero-order valence-electron chi connectivity index (χ0n) is 13.6. The molecule has 1 aromatic carbocycles. The number of hydrogen-bond donors (Lipinski definition) is 2. The van der Waals surface area contributed by atoms with Gasteiger partial charge in [0.25, 0.3) is 5.91 Å². The second-order valence-corrected chi connectivity index (χ2v) is 4.84. The molecule has 8 nitrogen and oxygen atoms in total. The average Bonchev–Trinajstić information content (AvgIpc) is 2.57. The van der Waals surface area contributed by atoms with Gasteiger partial charge in [-0.15, -0.1) is 0 Å². The Balaban J connectivity index is 2.53. The maximum absolute atomic E-state index is 12.1. The molecule has 1 aromatic rings. The van der Waals surface area contributed by atoms with E-state index in [0.29, 0.717) is 0 Å². The summed E-state index contributed by atoms with van der Waals surface area (Å²) in [6.07, 6.45) is 0. The number of amides is 1. The number of carbonyl (C=O) groups excluding carboxylic acids is 3. The lowest BCUT2D eigenvalue weighted by Crippen LogP contribution is -2.31. The van der Waals surface area contributed by atoms with Crippen molar-refractivity contribution >= 4 is 17.7 Å². The highest BCUT2D eigenvalue weighted by molar-refractivity contribution is 6.01. The predicted octanol–water partition coefficient (Wildman–Crippen LogP) is 0.886. The van der Waals surface area contributed by atoms with E-state index >= 15 is 0 Å². The highest BCUT2D eigenvalue weighted by Crippen LogP contribution is 2.15. The van der Waals surface area contributed by atoms with Crippen molar-refractivity contribution in [2.75, 3.05) is 13.2 Å². The van der Waals surface area contributed by atoms with Gasteiger partial charge in [0.05, 0.1) is 0 Å². The number of ether oxygens (including phenoxy) is 2. The topological polar surface area (TPSA) is 132 Å². The molecule has 0 unspecified atom stereocenters. The molecule has 0 radical (unpaired) electrons. The number of nitriles is 1. The Bertz CT molecular complexity index is 767. The lowest BCUT2D eigenvalue weighted by atomic mass is 10.1. The number of halogens is 2. The number of ketones is 1. The summed E-state index contributed by atoms with van der Waals surface area (Å²) in [7, 11) is 0. The summed E-state index contributed by atoms with van der Waals surface area (Å²) in [5.41, 5.74) is 5.00. The molecule has 0 aliphatic rings. The van der Waals surface area contributed by atoms with Crippen molar-refractivity contribution in [2.24, 2.45) is 5.73 Å². The number of hydrogen-bond acceptors (Lipinski definition) is 7. The van der Waals surface area contributed by atoms with Gasteiger partial charge in [-0.3, -0.25) is 14.4 Å². The molecule has 0 aromatic heterocycles. The second kappa shape index (κ2) is 9.73. The largest absolute Gasteiger partial charge is 0.456 e. The average molecular weight is 367 g/mol. The highest BCUT2D eigenvalue weighted by Gasteiger charge is 2.15. The molecular weight excluding hydrogens is 352 g/mol. The van der Waals surface area contributed by atoms with Crippen molar-refractivity contribution < 1.29 is 32.6 Å². The van der Waals surface area contributed by atoms with Gasteiger partial charge in [-0.05, 0) is 25.1 Å². The van der Waals surface area contributed by atoms with Crippen LogP contribution in [0.1, 0.15) is 17.3 Å². The van der Waals surface area contributed by atoms with Crippen LogP contribution >= 0.6 is 0 Å². The Morgan fingerprint density at radius 2 is 2.04 bits per heavy atom. The van der Waals surface area contributed by atoms with Gasteiger partial charge in [-0.1, -0.05) is 6.07 Å². The molecule has 0 aliphatic heterocycles. The highest BCUT2D eigenvalue weighted by atomic mass is 19.3. The van der Waals surface area contributed by atoms with Crippen LogP contribution in [0.25, 0.3) is 0 Å². The number of nitrogens with one attached hydrogen (secondary N) is 1. The minimum Gasteiger partial charge on any atom is -0.456 e. The first-order chi connectivity index (χ1) is 12.2. The van der Waals surface area contributed by atoms with Crippen molar-refractivity contribution in [2.45, 2.75) is 13.5 Å². The van der Waals surface area contributed by atoms with Gasteiger partial charge in [0.1, 0.15) is 23.9 Å². The van der Waals surface area contributed by atoms with Gasteiger partial charge in [0, 0.05) is 11.3 Å². The van der Waals surface area contributed by atoms with Gasteiger partial charge in [0.15, 0.2) is 6.61 Å². The quantitative estimate of drug-likeness (QED) is 0.396. The molecule has 0 spiro atoms. The van der Waals surface area contributed by atoms with Crippen LogP contribution in [0.15, 0.2) is 35.5 Å². The summed E-state index contributed by atoms with van der Waals surface area (Å²) in [5, 5.41) is 10.9. The molecular formula is C16H15F2N3O5. The second-order valence-electron chi connectivity index (χ2n) is 4.84. The van der Waals surface area contributed by atoms with Crippen molar-refractivity contribution in [1.82, 2.24) is 5.32 Å². The van der Waals surface area contributed by atoms with E-state index < -0.39 is 37.4 Å². The molecule has 0 saturated carbocycles. The van der Waals surface area contributed by atoms with E-state index in [4.69, 9.17) is 11.0 Å². The number of benzene rings is 1. The number of allylic oxidation sites excluding steroid dienone is 1. The number of Topliss-reactive ketones (excluding diaryl/α,β-unsaturated/α-hetero) is 1. The lowest BCUT2D eigenvalue weighted by Gasteiger charge is -2.08. The zero-order valence-corrected chi connectivity index (χ0v) is 13.6. The third-order valence-corrected chi connectivity index (χ3v) is 2.86. The van der Waals surface area contributed by atoms with Gasteiger partial charge in [-0.25, -0.2) is 0 Å². The summed E-state index contributed by atoms with van der Waals surface area (Å²) in [6, 6.07) is 6.56. The Kier molecular flexibility index (Phi) is 7.69. The first-order valence-corrected chi connectivity index (χ1v) is 7.13. The molecule has 0 fully saturated rings. The van der Waals surface area contributed by atoms with Crippen LogP contribution in [0.3, 0.4) is 0 Å². The summed E-state index contributed by atoms with van der Waals surface area (Å²) in [5.74, 6) is -2.65. The number of carbonyl (C=O) groups is 3. The van der Waals surface area contributed by atoms with E-state index in [1.54, 1.807) is 6.07 Å². The van der Waals surface area contributed by atoms with Crippen molar-refractivity contribution in [3.63, 3.8) is 0 Å². The van der Waals surface area contributed by atoms with Crippen LogP contribution in [-0.2, 0) is 14.3 Å². The van der Waals surface area contributed by atoms with E-state index in [2.05, 4.69) is 14.8 Å². The molecule has 0 saturated heterocycles. The van der Waals surface area contributed by atoms with Gasteiger partial charge >= 0.3 is 12.6 Å². The third kappa shape index (κ3) is 6.56. The van der Waals surface area contributed by atoms with Gasteiger partial charge < -0.3 is 20.5 Å². The number of alkyl halides is 2. The van der Waals surface area contributed by atoms with Crippen LogP contribution in [0.4, 0.5) is 8.78 Å². The Morgan fingerprint density at radius 1 is 1.35 bits per heavy atom. The van der Waals surface area contributed by atoms with E-state index in [1.807, 2.05) is 0 Å². The number of nitrogens with zero attached hydrogens (tertiary/aromatic N) is 1. The van der Waals surface area contributed by atoms with E-state index in [9.17, 15) is 23.2 Å².